The summed E-state index contributed by atoms with van der Waals surface area (Å²) in [6, 6.07) is 6.89. The lowest BCUT2D eigenvalue weighted by Gasteiger charge is -2.12. The average molecular weight is 287 g/mol. The number of anilines is 1. The van der Waals surface area contributed by atoms with Crippen LogP contribution in [0.4, 0.5) is 5.95 Å². The third kappa shape index (κ3) is 3.88. The van der Waals surface area contributed by atoms with Gasteiger partial charge < -0.3 is 4.74 Å². The van der Waals surface area contributed by atoms with Crippen LogP contribution in [-0.4, -0.2) is 32.2 Å². The Labute approximate surface area is 122 Å². The molecule has 1 N–H and O–H groups in total. The molecule has 7 heteroatoms. The maximum Gasteiger partial charge on any atom is 0.270 e. The summed E-state index contributed by atoms with van der Waals surface area (Å²) in [6.07, 6.45) is 2.44. The second-order valence-electron chi connectivity index (χ2n) is 4.43. The molecule has 110 valence electrons. The summed E-state index contributed by atoms with van der Waals surface area (Å²) in [5.41, 5.74) is 0.487. The summed E-state index contributed by atoms with van der Waals surface area (Å²) in [6.45, 7) is 7.54. The Balaban J connectivity index is 2.00. The number of ether oxygens (including phenoxy) is 1. The Kier molecular flexibility index (Phi) is 4.65. The number of carbonyl (C=O) groups is 1. The fraction of sp³-hybridized carbons (Fsp3) is 0.286. The van der Waals surface area contributed by atoms with Gasteiger partial charge in [0, 0.05) is 11.8 Å². The highest BCUT2D eigenvalue weighted by Gasteiger charge is 2.10. The Morgan fingerprint density at radius 3 is 2.76 bits per heavy atom. The van der Waals surface area contributed by atoms with Crippen LogP contribution >= 0.6 is 0 Å². The minimum Gasteiger partial charge on any atom is -0.491 e. The second kappa shape index (κ2) is 6.65. The van der Waals surface area contributed by atoms with Gasteiger partial charge in [-0.15, -0.1) is 9.90 Å². The molecule has 0 unspecified atom stereocenters. The molecule has 1 aromatic carbocycles. The summed E-state index contributed by atoms with van der Waals surface area (Å²) >= 11 is 0. The van der Waals surface area contributed by atoms with E-state index in [9.17, 15) is 4.79 Å². The molecule has 21 heavy (non-hydrogen) atoms. The fourth-order valence-electron chi connectivity index (χ4n) is 1.53. The number of tetrazole rings is 1. The van der Waals surface area contributed by atoms with Crippen LogP contribution in [0.25, 0.3) is 6.20 Å². The largest absolute Gasteiger partial charge is 0.491 e. The Bertz CT molecular complexity index is 621. The van der Waals surface area contributed by atoms with Crippen LogP contribution in [0.15, 0.2) is 30.8 Å². The molecule has 0 aliphatic rings. The van der Waals surface area contributed by atoms with Gasteiger partial charge in [0.2, 0.25) is 0 Å². The van der Waals surface area contributed by atoms with Gasteiger partial charge >= 0.3 is 0 Å². The predicted molar refractivity (Wildman–Crippen MR) is 79.0 cm³/mol. The Morgan fingerprint density at radius 1 is 1.48 bits per heavy atom. The van der Waals surface area contributed by atoms with Crippen molar-refractivity contribution in [3.8, 4) is 5.75 Å². The van der Waals surface area contributed by atoms with E-state index in [4.69, 9.17) is 4.74 Å². The van der Waals surface area contributed by atoms with Crippen molar-refractivity contribution in [3.05, 3.63) is 36.4 Å². The molecule has 0 fully saturated rings. The number of amides is 1. The summed E-state index contributed by atoms with van der Waals surface area (Å²) in [4.78, 5) is 13.2. The molecule has 0 radical (unpaired) electrons. The Morgan fingerprint density at radius 2 is 2.19 bits per heavy atom. The maximum atomic E-state index is 12.0. The Hall–Kier alpha value is -2.70. The lowest BCUT2D eigenvalue weighted by atomic mass is 10.2. The molecule has 0 aliphatic heterocycles. The number of hydrogen-bond acceptors (Lipinski definition) is 5. The summed E-state index contributed by atoms with van der Waals surface area (Å²) < 4.78 is 5.65. The minimum absolute atomic E-state index is 0.125. The standard InChI is InChI=1S/C14H17N5O2/c1-4-10(3)21-12-8-6-11(7-9-12)13(20)15-14-16-18-19(5-2)17-14/h5-10H,2,4H2,1,3H3,(H,15,17,20)/t10-/m0/s1. The van der Waals surface area contributed by atoms with E-state index in [0.29, 0.717) is 5.56 Å². The number of carbonyl (C=O) groups excluding carboxylic acids is 1. The highest BCUT2D eigenvalue weighted by Crippen LogP contribution is 2.15. The van der Waals surface area contributed by atoms with Gasteiger partial charge in [0.15, 0.2) is 0 Å². The molecule has 2 aromatic rings. The van der Waals surface area contributed by atoms with Crippen LogP contribution < -0.4 is 10.1 Å². The normalized spacial score (nSPS) is 11.7. The van der Waals surface area contributed by atoms with E-state index in [2.05, 4.69) is 34.2 Å². The van der Waals surface area contributed by atoms with E-state index in [1.807, 2.05) is 6.92 Å². The average Bonchev–Trinajstić information content (AvgIpc) is 2.95. The molecule has 1 amide bonds. The van der Waals surface area contributed by atoms with Gasteiger partial charge in [-0.25, -0.2) is 0 Å². The van der Waals surface area contributed by atoms with Crippen LogP contribution in [0.1, 0.15) is 30.6 Å². The minimum atomic E-state index is -0.311. The molecule has 0 saturated carbocycles. The van der Waals surface area contributed by atoms with Crippen LogP contribution in [0, 0.1) is 0 Å². The molecule has 0 aliphatic carbocycles. The van der Waals surface area contributed by atoms with Crippen LogP contribution in [0.3, 0.4) is 0 Å². The monoisotopic (exact) mass is 287 g/mol. The highest BCUT2D eigenvalue weighted by molar-refractivity contribution is 6.03. The zero-order valence-electron chi connectivity index (χ0n) is 12.0. The lowest BCUT2D eigenvalue weighted by molar-refractivity contribution is 0.102. The summed E-state index contributed by atoms with van der Waals surface area (Å²) in [5.74, 6) is 0.546. The summed E-state index contributed by atoms with van der Waals surface area (Å²) in [5, 5.41) is 13.8. The highest BCUT2D eigenvalue weighted by atomic mass is 16.5. The van der Waals surface area contributed by atoms with E-state index in [-0.39, 0.29) is 18.0 Å². The first-order chi connectivity index (χ1) is 10.1. The van der Waals surface area contributed by atoms with E-state index in [0.717, 1.165) is 12.2 Å². The van der Waals surface area contributed by atoms with Gasteiger partial charge in [-0.05, 0) is 42.8 Å². The number of nitrogens with one attached hydrogen (secondary N) is 1. The van der Waals surface area contributed by atoms with Crippen molar-refractivity contribution in [1.29, 1.82) is 0 Å². The van der Waals surface area contributed by atoms with Gasteiger partial charge in [0.25, 0.3) is 11.9 Å². The van der Waals surface area contributed by atoms with Crippen molar-refractivity contribution in [1.82, 2.24) is 20.2 Å². The SMILES string of the molecule is C=Cn1nnc(NC(=O)c2ccc(O[C@@H](C)CC)cc2)n1. The van der Waals surface area contributed by atoms with E-state index >= 15 is 0 Å². The molecular weight excluding hydrogens is 270 g/mol. The maximum absolute atomic E-state index is 12.0. The number of aromatic nitrogens is 4. The van der Waals surface area contributed by atoms with Crippen LogP contribution in [0.5, 0.6) is 5.75 Å². The first kappa shape index (κ1) is 14.7. The first-order valence-electron chi connectivity index (χ1n) is 6.62. The topological polar surface area (TPSA) is 81.9 Å². The zero-order chi connectivity index (χ0) is 15.2. The van der Waals surface area contributed by atoms with Crippen LogP contribution in [0.2, 0.25) is 0 Å². The van der Waals surface area contributed by atoms with Crippen molar-refractivity contribution < 1.29 is 9.53 Å². The van der Waals surface area contributed by atoms with E-state index in [1.165, 1.54) is 11.0 Å². The molecule has 2 rings (SSSR count). The van der Waals surface area contributed by atoms with Gasteiger partial charge in [-0.1, -0.05) is 18.6 Å². The molecule has 1 atom stereocenters. The third-order valence-electron chi connectivity index (χ3n) is 2.85. The van der Waals surface area contributed by atoms with E-state index in [1.54, 1.807) is 24.3 Å². The quantitative estimate of drug-likeness (QED) is 0.880. The molecule has 1 heterocycles. The van der Waals surface area contributed by atoms with E-state index < -0.39 is 0 Å². The van der Waals surface area contributed by atoms with Crippen molar-refractivity contribution in [2.45, 2.75) is 26.4 Å². The number of benzene rings is 1. The molecule has 7 nitrogen and oxygen atoms in total. The van der Waals surface area contributed by atoms with Crippen LogP contribution in [-0.2, 0) is 0 Å². The lowest BCUT2D eigenvalue weighted by Crippen LogP contribution is -2.13. The van der Waals surface area contributed by atoms with Gasteiger partial charge in [0.05, 0.1) is 6.10 Å². The second-order valence-corrected chi connectivity index (χ2v) is 4.43. The van der Waals surface area contributed by atoms with Crippen molar-refractivity contribution in [2.75, 3.05) is 5.32 Å². The zero-order valence-corrected chi connectivity index (χ0v) is 12.0. The van der Waals surface area contributed by atoms with Crippen molar-refractivity contribution >= 4 is 18.1 Å². The molecular formula is C14H17N5O2. The fourth-order valence-corrected chi connectivity index (χ4v) is 1.53. The smallest absolute Gasteiger partial charge is 0.270 e. The first-order valence-corrected chi connectivity index (χ1v) is 6.62. The third-order valence-corrected chi connectivity index (χ3v) is 2.85. The molecule has 1 aromatic heterocycles. The molecule has 0 bridgehead atoms. The van der Waals surface area contributed by atoms with Gasteiger partial charge in [0.1, 0.15) is 5.75 Å². The van der Waals surface area contributed by atoms with Gasteiger partial charge in [-0.2, -0.15) is 0 Å². The number of nitrogens with zero attached hydrogens (tertiary/aromatic N) is 4. The number of rotatable bonds is 6. The number of hydrogen-bond donors (Lipinski definition) is 1. The molecule has 0 spiro atoms. The van der Waals surface area contributed by atoms with Crippen molar-refractivity contribution in [3.63, 3.8) is 0 Å². The van der Waals surface area contributed by atoms with Gasteiger partial charge in [-0.3, -0.25) is 10.1 Å². The molecule has 0 saturated heterocycles. The summed E-state index contributed by atoms with van der Waals surface area (Å²) in [7, 11) is 0. The predicted octanol–water partition coefficient (Wildman–Crippen LogP) is 2.20. The van der Waals surface area contributed by atoms with Crippen molar-refractivity contribution in [2.24, 2.45) is 0 Å².